The number of carbonyl (C=O) groups is 1. The van der Waals surface area contributed by atoms with Gasteiger partial charge in [-0.3, -0.25) is 4.79 Å². The van der Waals surface area contributed by atoms with E-state index in [1.807, 2.05) is 24.6 Å². The van der Waals surface area contributed by atoms with Crippen LogP contribution in [0.5, 0.6) is 0 Å². The van der Waals surface area contributed by atoms with Crippen molar-refractivity contribution in [3.8, 4) is 0 Å². The Hall–Kier alpha value is -2.25. The van der Waals surface area contributed by atoms with Gasteiger partial charge in [-0.25, -0.2) is 8.42 Å². The fourth-order valence-corrected chi connectivity index (χ4v) is 5.13. The van der Waals surface area contributed by atoms with Crippen LogP contribution in [-0.4, -0.2) is 31.7 Å². The lowest BCUT2D eigenvalue weighted by atomic mass is 9.93. The van der Waals surface area contributed by atoms with Crippen molar-refractivity contribution in [1.82, 2.24) is 4.31 Å². The van der Waals surface area contributed by atoms with E-state index in [-0.39, 0.29) is 17.3 Å². The minimum Gasteiger partial charge on any atom is -0.321 e. The summed E-state index contributed by atoms with van der Waals surface area (Å²) in [7, 11) is -3.55. The number of benzene rings is 1. The molecule has 0 fully saturated rings. The molecular weight excluding hydrogens is 374 g/mol. The number of nitrogens with zero attached hydrogens (tertiary/aromatic N) is 2. The van der Waals surface area contributed by atoms with Crippen LogP contribution in [0, 0.1) is 0 Å². The van der Waals surface area contributed by atoms with E-state index in [1.165, 1.54) is 34.3 Å². The zero-order valence-corrected chi connectivity index (χ0v) is 17.3. The molecule has 7 heteroatoms. The third-order valence-corrected chi connectivity index (χ3v) is 7.18. The van der Waals surface area contributed by atoms with E-state index in [0.29, 0.717) is 18.8 Å². The minimum absolute atomic E-state index is 0.182. The molecule has 0 spiro atoms. The lowest BCUT2D eigenvalue weighted by Crippen LogP contribution is -2.40. The van der Waals surface area contributed by atoms with Crippen molar-refractivity contribution in [2.24, 2.45) is 0 Å². The van der Waals surface area contributed by atoms with E-state index < -0.39 is 10.0 Å². The quantitative estimate of drug-likeness (QED) is 0.724. The first kappa shape index (κ1) is 20.5. The van der Waals surface area contributed by atoms with Gasteiger partial charge in [0, 0.05) is 30.4 Å². The van der Waals surface area contributed by atoms with Crippen LogP contribution in [0.3, 0.4) is 0 Å². The second kappa shape index (κ2) is 8.84. The van der Waals surface area contributed by atoms with Crippen molar-refractivity contribution < 1.29 is 17.8 Å². The number of rotatable bonds is 7. The molecule has 28 heavy (non-hydrogen) atoms. The average Bonchev–Trinajstić information content (AvgIpc) is 2.68. The summed E-state index contributed by atoms with van der Waals surface area (Å²) in [6.45, 7) is 4.63. The molecule has 0 saturated heterocycles. The molecule has 1 aliphatic carbocycles. The molecule has 1 heterocycles. The third kappa shape index (κ3) is 4.59. The Kier molecular flexibility index (Phi) is 6.46. The van der Waals surface area contributed by atoms with Gasteiger partial charge in [0.1, 0.15) is 0 Å². The first-order valence-corrected chi connectivity index (χ1v) is 11.3. The van der Waals surface area contributed by atoms with E-state index >= 15 is 0 Å². The summed E-state index contributed by atoms with van der Waals surface area (Å²) in [6.07, 6.45) is 8.57. The normalized spacial score (nSPS) is 14.0. The highest BCUT2D eigenvalue weighted by molar-refractivity contribution is 7.89. The highest BCUT2D eigenvalue weighted by Crippen LogP contribution is 2.20. The van der Waals surface area contributed by atoms with E-state index in [1.54, 1.807) is 18.2 Å². The summed E-state index contributed by atoms with van der Waals surface area (Å²) < 4.78 is 28.6. The molecule has 0 saturated carbocycles. The number of fused-ring (bicyclic) bond motifs is 1. The van der Waals surface area contributed by atoms with E-state index in [9.17, 15) is 13.2 Å². The number of aryl methyl sites for hydroxylation is 2. The average molecular weight is 403 g/mol. The summed E-state index contributed by atoms with van der Waals surface area (Å²) in [6, 6.07) is 8.53. The SMILES string of the molecule is CCN(CC)S(=O)(=O)c1cccc(NC(=O)C[n+]2ccc3c(c2)CCCC3)c1. The molecule has 0 aliphatic heterocycles. The van der Waals surface area contributed by atoms with Gasteiger partial charge in [0.05, 0.1) is 4.90 Å². The number of amides is 1. The lowest BCUT2D eigenvalue weighted by Gasteiger charge is -2.18. The van der Waals surface area contributed by atoms with Crippen LogP contribution in [-0.2, 0) is 34.2 Å². The number of nitrogens with one attached hydrogen (secondary N) is 1. The standard InChI is InChI=1S/C21H27N3O3S/c1-3-24(4-2)28(26,27)20-11-7-10-19(14-20)22-21(25)16-23-13-12-17-8-5-6-9-18(17)15-23/h7,10-15H,3-6,8-9,16H2,1-2H3/p+1. The molecule has 0 radical (unpaired) electrons. The van der Waals surface area contributed by atoms with Crippen molar-refractivity contribution in [2.75, 3.05) is 18.4 Å². The molecule has 2 aromatic rings. The number of pyridine rings is 1. The molecular formula is C21H28N3O3S+. The van der Waals surface area contributed by atoms with Gasteiger partial charge >= 0.3 is 0 Å². The molecule has 6 nitrogen and oxygen atoms in total. The van der Waals surface area contributed by atoms with Crippen LogP contribution < -0.4 is 9.88 Å². The Morgan fingerprint density at radius 1 is 1.11 bits per heavy atom. The Labute approximate surface area is 167 Å². The van der Waals surface area contributed by atoms with Crippen LogP contribution in [0.4, 0.5) is 5.69 Å². The van der Waals surface area contributed by atoms with Crippen molar-refractivity contribution in [2.45, 2.75) is 51.0 Å². The molecule has 1 N–H and O–H groups in total. The highest BCUT2D eigenvalue weighted by atomic mass is 32.2. The topological polar surface area (TPSA) is 70.4 Å². The van der Waals surface area contributed by atoms with Crippen LogP contribution in [0.25, 0.3) is 0 Å². The summed E-state index contributed by atoms with van der Waals surface area (Å²) in [5.41, 5.74) is 3.17. The van der Waals surface area contributed by atoms with Crippen molar-refractivity contribution >= 4 is 21.6 Å². The van der Waals surface area contributed by atoms with Gasteiger partial charge in [-0.05, 0) is 49.4 Å². The zero-order chi connectivity index (χ0) is 20.1. The van der Waals surface area contributed by atoms with Gasteiger partial charge in [0.25, 0.3) is 5.91 Å². The van der Waals surface area contributed by atoms with E-state index in [4.69, 9.17) is 0 Å². The smallest absolute Gasteiger partial charge is 0.290 e. The first-order valence-electron chi connectivity index (χ1n) is 9.85. The fraction of sp³-hybridized carbons (Fsp3) is 0.429. The minimum atomic E-state index is -3.55. The predicted octanol–water partition coefficient (Wildman–Crippen LogP) is 2.52. The summed E-state index contributed by atoms with van der Waals surface area (Å²) in [5, 5.41) is 2.82. The molecule has 3 rings (SSSR count). The van der Waals surface area contributed by atoms with Crippen molar-refractivity contribution in [3.63, 3.8) is 0 Å². The monoisotopic (exact) mass is 402 g/mol. The summed E-state index contributed by atoms with van der Waals surface area (Å²) in [4.78, 5) is 12.7. The first-order chi connectivity index (χ1) is 13.4. The Balaban J connectivity index is 1.71. The summed E-state index contributed by atoms with van der Waals surface area (Å²) in [5.74, 6) is -0.182. The van der Waals surface area contributed by atoms with Gasteiger partial charge < -0.3 is 5.32 Å². The maximum absolute atomic E-state index is 12.7. The number of anilines is 1. The lowest BCUT2D eigenvalue weighted by molar-refractivity contribution is -0.684. The second-order valence-corrected chi connectivity index (χ2v) is 8.98. The molecule has 0 atom stereocenters. The second-order valence-electron chi connectivity index (χ2n) is 7.04. The van der Waals surface area contributed by atoms with Crippen LogP contribution in [0.15, 0.2) is 47.6 Å². The highest BCUT2D eigenvalue weighted by Gasteiger charge is 2.22. The Morgan fingerprint density at radius 2 is 1.82 bits per heavy atom. The number of hydrogen-bond donors (Lipinski definition) is 1. The van der Waals surface area contributed by atoms with E-state index in [0.717, 1.165) is 12.8 Å². The third-order valence-electron chi connectivity index (χ3n) is 5.13. The van der Waals surface area contributed by atoms with Gasteiger partial charge in [-0.15, -0.1) is 0 Å². The molecule has 0 bridgehead atoms. The Bertz CT molecular complexity index is 953. The molecule has 0 unspecified atom stereocenters. The van der Waals surface area contributed by atoms with E-state index in [2.05, 4.69) is 17.6 Å². The molecule has 150 valence electrons. The van der Waals surface area contributed by atoms with Crippen molar-refractivity contribution in [3.05, 3.63) is 53.9 Å². The Morgan fingerprint density at radius 3 is 2.54 bits per heavy atom. The number of carbonyl (C=O) groups excluding carboxylic acids is 1. The van der Waals surface area contributed by atoms with Crippen LogP contribution in [0.1, 0.15) is 37.8 Å². The molecule has 1 aliphatic rings. The predicted molar refractivity (Wildman–Crippen MR) is 108 cm³/mol. The van der Waals surface area contributed by atoms with Gasteiger partial charge in [-0.1, -0.05) is 19.9 Å². The summed E-state index contributed by atoms with van der Waals surface area (Å²) >= 11 is 0. The largest absolute Gasteiger partial charge is 0.321 e. The van der Waals surface area contributed by atoms with Crippen LogP contribution in [0.2, 0.25) is 0 Å². The number of hydrogen-bond acceptors (Lipinski definition) is 3. The van der Waals surface area contributed by atoms with Crippen LogP contribution >= 0.6 is 0 Å². The molecule has 1 aromatic carbocycles. The van der Waals surface area contributed by atoms with Crippen molar-refractivity contribution in [1.29, 1.82) is 0 Å². The number of sulfonamides is 1. The molecule has 1 aromatic heterocycles. The molecule has 1 amide bonds. The number of aromatic nitrogens is 1. The van der Waals surface area contributed by atoms with Gasteiger partial charge in [0.2, 0.25) is 16.6 Å². The maximum Gasteiger partial charge on any atom is 0.290 e. The van der Waals surface area contributed by atoms with Gasteiger partial charge in [-0.2, -0.15) is 8.87 Å². The maximum atomic E-state index is 12.7. The fourth-order valence-electron chi connectivity index (χ4n) is 3.63. The zero-order valence-electron chi connectivity index (χ0n) is 16.5. The van der Waals surface area contributed by atoms with Gasteiger partial charge in [0.15, 0.2) is 12.4 Å².